The Balaban J connectivity index is 2.02. The Morgan fingerprint density at radius 3 is 2.30 bits per heavy atom. The molecule has 0 atom stereocenters. The third kappa shape index (κ3) is 6.61. The van der Waals surface area contributed by atoms with Gasteiger partial charge in [-0.3, -0.25) is 35.1 Å². The molecule has 0 aliphatic rings. The van der Waals surface area contributed by atoms with E-state index in [-0.39, 0.29) is 40.6 Å². The molecule has 0 saturated carbocycles. The summed E-state index contributed by atoms with van der Waals surface area (Å²) in [6, 6.07) is 12.8. The maximum Gasteiger partial charge on any atom is 0.318 e. The van der Waals surface area contributed by atoms with Crippen molar-refractivity contribution in [1.82, 2.24) is 0 Å². The molecule has 0 saturated heterocycles. The number of hydrogen-bond acceptors (Lipinski definition) is 10. The molecule has 0 bridgehead atoms. The zero-order valence-electron chi connectivity index (χ0n) is 20.7. The van der Waals surface area contributed by atoms with Crippen molar-refractivity contribution in [3.63, 3.8) is 0 Å². The molecule has 0 aliphatic heterocycles. The van der Waals surface area contributed by atoms with Gasteiger partial charge in [-0.2, -0.15) is 5.26 Å². The van der Waals surface area contributed by atoms with Gasteiger partial charge in [0.15, 0.2) is 11.5 Å². The molecule has 14 nitrogen and oxygen atoms in total. The summed E-state index contributed by atoms with van der Waals surface area (Å²) in [4.78, 5) is 44.1. The van der Waals surface area contributed by atoms with E-state index < -0.39 is 32.1 Å². The largest absolute Gasteiger partial charge is 0.493 e. The molecular weight excluding hydrogens is 526 g/mol. The molecular formula is C26H19N5O9. The maximum atomic E-state index is 12.7. The Morgan fingerprint density at radius 1 is 1.00 bits per heavy atom. The van der Waals surface area contributed by atoms with Crippen molar-refractivity contribution in [3.05, 3.63) is 114 Å². The summed E-state index contributed by atoms with van der Waals surface area (Å²) in [6.45, 7) is 3.68. The first-order valence-corrected chi connectivity index (χ1v) is 11.2. The van der Waals surface area contributed by atoms with Crippen LogP contribution in [0.4, 0.5) is 22.7 Å². The Bertz CT molecular complexity index is 1610. The van der Waals surface area contributed by atoms with Gasteiger partial charge >= 0.3 is 5.69 Å². The van der Waals surface area contributed by atoms with Crippen LogP contribution in [0.3, 0.4) is 0 Å². The molecule has 40 heavy (non-hydrogen) atoms. The van der Waals surface area contributed by atoms with Crippen molar-refractivity contribution in [1.29, 1.82) is 5.26 Å². The lowest BCUT2D eigenvalue weighted by molar-refractivity contribution is -0.394. The summed E-state index contributed by atoms with van der Waals surface area (Å²) >= 11 is 0. The lowest BCUT2D eigenvalue weighted by Crippen LogP contribution is -2.13. The van der Waals surface area contributed by atoms with E-state index in [1.165, 1.54) is 49.6 Å². The Kier molecular flexibility index (Phi) is 8.85. The summed E-state index contributed by atoms with van der Waals surface area (Å²) in [6.07, 6.45) is 2.94. The molecule has 3 aromatic carbocycles. The highest BCUT2D eigenvalue weighted by Gasteiger charge is 2.24. The summed E-state index contributed by atoms with van der Waals surface area (Å²) < 4.78 is 11.2. The average Bonchev–Trinajstić information content (AvgIpc) is 2.92. The fourth-order valence-electron chi connectivity index (χ4n) is 3.51. The third-order valence-electron chi connectivity index (χ3n) is 5.29. The van der Waals surface area contributed by atoms with Crippen molar-refractivity contribution in [3.8, 4) is 23.3 Å². The monoisotopic (exact) mass is 545 g/mol. The molecule has 3 rings (SSSR count). The number of nitriles is 1. The molecule has 1 amide bonds. The third-order valence-corrected chi connectivity index (χ3v) is 5.29. The van der Waals surface area contributed by atoms with E-state index in [1.807, 2.05) is 0 Å². The fraction of sp³-hybridized carbons (Fsp3) is 0.0769. The van der Waals surface area contributed by atoms with Gasteiger partial charge in [0.05, 0.1) is 27.9 Å². The van der Waals surface area contributed by atoms with Crippen LogP contribution < -0.4 is 14.8 Å². The van der Waals surface area contributed by atoms with Crippen molar-refractivity contribution in [2.45, 2.75) is 6.42 Å². The molecule has 0 heterocycles. The predicted molar refractivity (Wildman–Crippen MR) is 142 cm³/mol. The number of rotatable bonds is 11. The second-order valence-electron chi connectivity index (χ2n) is 7.90. The standard InChI is InChI=1S/C26H19N5O9/c1-3-5-17-10-16(11-18(15-27)26(32)28-19-6-4-7-20(13-19)29(33)34)12-24(39-2)25(17)40-23-9-8-21(30(35)36)14-22(23)31(37)38/h3-4,6-14H,1,5H2,2H3,(H,28,32)/b18-11+. The van der Waals surface area contributed by atoms with Crippen LogP contribution in [0.5, 0.6) is 17.2 Å². The van der Waals surface area contributed by atoms with Gasteiger partial charge in [-0.05, 0) is 42.3 Å². The zero-order chi connectivity index (χ0) is 29.4. The fourth-order valence-corrected chi connectivity index (χ4v) is 3.51. The maximum absolute atomic E-state index is 12.7. The second kappa shape index (κ2) is 12.4. The quantitative estimate of drug-likeness (QED) is 0.106. The van der Waals surface area contributed by atoms with Gasteiger partial charge in [0.1, 0.15) is 11.6 Å². The minimum atomic E-state index is -0.825. The van der Waals surface area contributed by atoms with E-state index in [9.17, 15) is 40.4 Å². The Hall–Kier alpha value is -6.10. The number of non-ortho nitro benzene ring substituents is 2. The van der Waals surface area contributed by atoms with Gasteiger partial charge in [-0.25, -0.2) is 0 Å². The summed E-state index contributed by atoms with van der Waals surface area (Å²) in [7, 11) is 1.30. The Morgan fingerprint density at radius 2 is 1.70 bits per heavy atom. The summed E-state index contributed by atoms with van der Waals surface area (Å²) in [5.74, 6) is -0.976. The highest BCUT2D eigenvalue weighted by atomic mass is 16.6. The molecule has 3 aromatic rings. The number of allylic oxidation sites excluding steroid dienone is 1. The van der Waals surface area contributed by atoms with Crippen LogP contribution >= 0.6 is 0 Å². The van der Waals surface area contributed by atoms with Gasteiger partial charge in [0.25, 0.3) is 17.3 Å². The first-order chi connectivity index (χ1) is 19.1. The first-order valence-electron chi connectivity index (χ1n) is 11.2. The molecule has 0 unspecified atom stereocenters. The minimum absolute atomic E-state index is 0.0519. The molecule has 0 aromatic heterocycles. The van der Waals surface area contributed by atoms with Crippen LogP contribution in [0.1, 0.15) is 11.1 Å². The van der Waals surface area contributed by atoms with Gasteiger partial charge in [0, 0.05) is 29.4 Å². The topological polar surface area (TPSA) is 201 Å². The van der Waals surface area contributed by atoms with E-state index in [0.29, 0.717) is 11.1 Å². The number of amides is 1. The van der Waals surface area contributed by atoms with Crippen LogP contribution in [0.15, 0.2) is 72.8 Å². The molecule has 202 valence electrons. The van der Waals surface area contributed by atoms with Gasteiger partial charge in [0.2, 0.25) is 5.75 Å². The zero-order valence-corrected chi connectivity index (χ0v) is 20.7. The number of nitrogens with zero attached hydrogens (tertiary/aromatic N) is 4. The Labute approximate surface area is 225 Å². The smallest absolute Gasteiger partial charge is 0.318 e. The van der Waals surface area contributed by atoms with E-state index in [0.717, 1.165) is 24.3 Å². The van der Waals surface area contributed by atoms with E-state index >= 15 is 0 Å². The molecule has 0 aliphatic carbocycles. The number of anilines is 1. The van der Waals surface area contributed by atoms with Crippen LogP contribution in [0.2, 0.25) is 0 Å². The van der Waals surface area contributed by atoms with E-state index in [1.54, 1.807) is 6.07 Å². The number of benzene rings is 3. The van der Waals surface area contributed by atoms with Crippen LogP contribution in [0, 0.1) is 41.7 Å². The van der Waals surface area contributed by atoms with Crippen LogP contribution in [0.25, 0.3) is 6.08 Å². The SMILES string of the molecule is C=CCc1cc(/C=C(\C#N)C(=O)Nc2cccc([N+](=O)[O-])c2)cc(OC)c1Oc1ccc([N+](=O)[O-])cc1[N+](=O)[O-]. The van der Waals surface area contributed by atoms with Crippen molar-refractivity contribution in [2.75, 3.05) is 12.4 Å². The first kappa shape index (κ1) is 28.5. The van der Waals surface area contributed by atoms with Gasteiger partial charge < -0.3 is 14.8 Å². The number of hydrogen-bond donors (Lipinski definition) is 1. The van der Waals surface area contributed by atoms with Crippen molar-refractivity contribution in [2.24, 2.45) is 0 Å². The molecule has 1 N–H and O–H groups in total. The normalized spacial score (nSPS) is 10.7. The predicted octanol–water partition coefficient (Wildman–Crippen LogP) is 5.49. The molecule has 0 spiro atoms. The lowest BCUT2D eigenvalue weighted by Gasteiger charge is -2.16. The van der Waals surface area contributed by atoms with Crippen LogP contribution in [-0.4, -0.2) is 27.8 Å². The summed E-state index contributed by atoms with van der Waals surface area (Å²) in [5, 5.41) is 45.6. The second-order valence-corrected chi connectivity index (χ2v) is 7.90. The number of nitrogens with one attached hydrogen (secondary N) is 1. The number of carbonyl (C=O) groups is 1. The number of nitro groups is 3. The van der Waals surface area contributed by atoms with E-state index in [4.69, 9.17) is 9.47 Å². The number of nitro benzene ring substituents is 3. The molecule has 14 heteroatoms. The van der Waals surface area contributed by atoms with Gasteiger partial charge in [-0.1, -0.05) is 12.1 Å². The van der Waals surface area contributed by atoms with Gasteiger partial charge in [-0.15, -0.1) is 6.58 Å². The van der Waals surface area contributed by atoms with Crippen molar-refractivity contribution < 1.29 is 29.0 Å². The highest BCUT2D eigenvalue weighted by Crippen LogP contribution is 2.41. The minimum Gasteiger partial charge on any atom is -0.493 e. The average molecular weight is 545 g/mol. The highest BCUT2D eigenvalue weighted by molar-refractivity contribution is 6.09. The summed E-state index contributed by atoms with van der Waals surface area (Å²) in [5.41, 5.74) is -0.881. The van der Waals surface area contributed by atoms with Crippen LogP contribution in [-0.2, 0) is 11.2 Å². The van der Waals surface area contributed by atoms with E-state index in [2.05, 4.69) is 11.9 Å². The number of carbonyl (C=O) groups excluding carboxylic acids is 1. The molecule has 0 fully saturated rings. The number of methoxy groups -OCH3 is 1. The van der Waals surface area contributed by atoms with Crippen molar-refractivity contribution >= 4 is 34.7 Å². The lowest BCUT2D eigenvalue weighted by atomic mass is 10.0. The number of ether oxygens (including phenoxy) is 2. The molecule has 0 radical (unpaired) electrons.